The van der Waals surface area contributed by atoms with E-state index >= 15 is 0 Å². The van der Waals surface area contributed by atoms with Gasteiger partial charge in [0.25, 0.3) is 0 Å². The van der Waals surface area contributed by atoms with E-state index in [0.29, 0.717) is 33.9 Å². The molecule has 9 nitrogen and oxygen atoms in total. The lowest BCUT2D eigenvalue weighted by molar-refractivity contribution is 0.318. The van der Waals surface area contributed by atoms with E-state index in [4.69, 9.17) is 31.1 Å². The Kier molecular flexibility index (Phi) is 8.31. The molecule has 0 radical (unpaired) electrons. The van der Waals surface area contributed by atoms with Crippen LogP contribution in [0.3, 0.4) is 0 Å². The minimum atomic E-state index is -0.0296. The number of amidine groups is 2. The van der Waals surface area contributed by atoms with Crippen LogP contribution in [-0.4, -0.2) is 34.4 Å². The molecule has 154 valence electrons. The van der Waals surface area contributed by atoms with Crippen LogP contribution in [0.5, 0.6) is 5.75 Å². The zero-order chi connectivity index (χ0) is 19.4. The number of halogens is 2. The molecule has 0 saturated carbocycles. The van der Waals surface area contributed by atoms with Crippen LogP contribution in [0.25, 0.3) is 22.6 Å². The summed E-state index contributed by atoms with van der Waals surface area (Å²) in [6.07, 6.45) is 0. The van der Waals surface area contributed by atoms with Crippen LogP contribution in [0.15, 0.2) is 63.4 Å². The van der Waals surface area contributed by atoms with Crippen LogP contribution in [0.1, 0.15) is 11.1 Å². The Morgan fingerprint density at radius 3 is 2.24 bits per heavy atom. The Morgan fingerprint density at radius 1 is 0.966 bits per heavy atom. The molecule has 0 aliphatic carbocycles. The highest BCUT2D eigenvalue weighted by Gasteiger charge is 2.15. The number of hydrogen-bond donors (Lipinski definition) is 4. The van der Waals surface area contributed by atoms with Crippen LogP contribution in [0.4, 0.5) is 0 Å². The summed E-state index contributed by atoms with van der Waals surface area (Å²) < 4.78 is 10.8. The maximum absolute atomic E-state index is 8.82. The molecule has 0 bridgehead atoms. The second-order valence-electron chi connectivity index (χ2n) is 5.54. The molecule has 0 spiro atoms. The molecule has 0 fully saturated rings. The van der Waals surface area contributed by atoms with Gasteiger partial charge in [-0.25, -0.2) is 0 Å². The highest BCUT2D eigenvalue weighted by molar-refractivity contribution is 5.98. The maximum atomic E-state index is 8.82. The molecule has 0 aliphatic heterocycles. The van der Waals surface area contributed by atoms with Gasteiger partial charge >= 0.3 is 0 Å². The lowest BCUT2D eigenvalue weighted by Gasteiger charge is -2.07. The van der Waals surface area contributed by atoms with Crippen molar-refractivity contribution < 1.29 is 19.7 Å². The number of benzene rings is 2. The van der Waals surface area contributed by atoms with Gasteiger partial charge in [0.15, 0.2) is 17.4 Å². The summed E-state index contributed by atoms with van der Waals surface area (Å²) >= 11 is 0. The molecule has 6 N–H and O–H groups in total. The molecule has 0 atom stereocenters. The van der Waals surface area contributed by atoms with Crippen molar-refractivity contribution in [2.75, 3.05) is 7.11 Å². The van der Waals surface area contributed by atoms with Gasteiger partial charge in [-0.1, -0.05) is 39.7 Å². The third kappa shape index (κ3) is 4.89. The van der Waals surface area contributed by atoms with Crippen molar-refractivity contribution >= 4 is 36.5 Å². The van der Waals surface area contributed by atoms with Crippen LogP contribution in [0, 0.1) is 0 Å². The molecule has 11 heteroatoms. The normalized spacial score (nSPS) is 11.3. The van der Waals surface area contributed by atoms with E-state index in [0.717, 1.165) is 5.56 Å². The first kappa shape index (κ1) is 23.6. The van der Waals surface area contributed by atoms with Gasteiger partial charge in [0.1, 0.15) is 11.4 Å². The summed E-state index contributed by atoms with van der Waals surface area (Å²) in [6.45, 7) is 0. The third-order valence-electron chi connectivity index (χ3n) is 3.94. The average Bonchev–Trinajstić information content (AvgIpc) is 3.22. The smallest absolute Gasteiger partial charge is 0.171 e. The van der Waals surface area contributed by atoms with Gasteiger partial charge in [-0.15, -0.1) is 24.8 Å². The van der Waals surface area contributed by atoms with E-state index in [-0.39, 0.29) is 36.5 Å². The van der Waals surface area contributed by atoms with Crippen LogP contribution in [0.2, 0.25) is 0 Å². The van der Waals surface area contributed by atoms with Crippen LogP contribution >= 0.6 is 24.8 Å². The summed E-state index contributed by atoms with van der Waals surface area (Å²) in [5, 5.41) is 27.7. The Balaban J connectivity index is 0.00000210. The highest BCUT2D eigenvalue weighted by atomic mass is 35.5. The Morgan fingerprint density at radius 2 is 1.62 bits per heavy atom. The second kappa shape index (κ2) is 10.2. The molecule has 0 amide bonds. The minimum absolute atomic E-state index is 0. The SMILES string of the molecule is COc1cc(/C(N)=N/O)ccc1-c1cc(-c2cccc(/C(N)=N/O)c2)no1.Cl.Cl. The second-order valence-corrected chi connectivity index (χ2v) is 5.54. The van der Waals surface area contributed by atoms with Crippen molar-refractivity contribution in [1.29, 1.82) is 0 Å². The molecule has 2 aromatic carbocycles. The number of ether oxygens (including phenoxy) is 1. The Hall–Kier alpha value is -3.43. The topological polar surface area (TPSA) is 152 Å². The number of nitrogens with two attached hydrogens (primary N) is 2. The number of rotatable bonds is 5. The van der Waals surface area contributed by atoms with Crippen molar-refractivity contribution in [3.63, 3.8) is 0 Å². The van der Waals surface area contributed by atoms with Crippen molar-refractivity contribution in [1.82, 2.24) is 5.16 Å². The molecule has 1 heterocycles. The molecular weight excluding hydrogens is 421 g/mol. The van der Waals surface area contributed by atoms with Gasteiger partial charge in [-0.05, 0) is 18.2 Å². The first-order valence-electron chi connectivity index (χ1n) is 7.78. The molecule has 0 unspecified atom stereocenters. The predicted molar refractivity (Wildman–Crippen MR) is 113 cm³/mol. The van der Waals surface area contributed by atoms with Crippen molar-refractivity contribution in [2.45, 2.75) is 0 Å². The summed E-state index contributed by atoms with van der Waals surface area (Å²) in [5.41, 5.74) is 14.3. The van der Waals surface area contributed by atoms with E-state index in [1.165, 1.54) is 7.11 Å². The van der Waals surface area contributed by atoms with Gasteiger partial charge in [0.05, 0.1) is 12.7 Å². The number of hydrogen-bond acceptors (Lipinski definition) is 7. The fraction of sp³-hybridized carbons (Fsp3) is 0.0556. The molecule has 3 aromatic rings. The van der Waals surface area contributed by atoms with Gasteiger partial charge in [-0.3, -0.25) is 0 Å². The first-order valence-corrected chi connectivity index (χ1v) is 7.78. The van der Waals surface area contributed by atoms with Crippen molar-refractivity contribution in [3.8, 4) is 28.3 Å². The number of oxime groups is 2. The number of aromatic nitrogens is 1. The lowest BCUT2D eigenvalue weighted by Crippen LogP contribution is -2.13. The van der Waals surface area contributed by atoms with Crippen LogP contribution in [-0.2, 0) is 0 Å². The van der Waals surface area contributed by atoms with E-state index in [1.54, 1.807) is 42.5 Å². The van der Waals surface area contributed by atoms with Crippen molar-refractivity contribution in [2.24, 2.45) is 21.8 Å². The first-order chi connectivity index (χ1) is 13.1. The molecular formula is C18H19Cl2N5O4. The fourth-order valence-corrected chi connectivity index (χ4v) is 2.55. The third-order valence-corrected chi connectivity index (χ3v) is 3.94. The maximum Gasteiger partial charge on any atom is 0.171 e. The fourth-order valence-electron chi connectivity index (χ4n) is 2.55. The van der Waals surface area contributed by atoms with Gasteiger partial charge in [0, 0.05) is 22.8 Å². The minimum Gasteiger partial charge on any atom is -0.496 e. The van der Waals surface area contributed by atoms with Gasteiger partial charge in [-0.2, -0.15) is 0 Å². The van der Waals surface area contributed by atoms with Gasteiger partial charge in [0.2, 0.25) is 0 Å². The summed E-state index contributed by atoms with van der Waals surface area (Å²) in [5.74, 6) is 0.924. The molecule has 0 saturated heterocycles. The zero-order valence-corrected chi connectivity index (χ0v) is 16.8. The Labute approximate surface area is 178 Å². The lowest BCUT2D eigenvalue weighted by atomic mass is 10.0. The van der Waals surface area contributed by atoms with E-state index in [1.807, 2.05) is 6.07 Å². The number of nitrogens with zero attached hydrogens (tertiary/aromatic N) is 3. The van der Waals surface area contributed by atoms with E-state index in [2.05, 4.69) is 15.5 Å². The monoisotopic (exact) mass is 439 g/mol. The zero-order valence-electron chi connectivity index (χ0n) is 15.1. The van der Waals surface area contributed by atoms with Gasteiger partial charge < -0.3 is 31.1 Å². The summed E-state index contributed by atoms with van der Waals surface area (Å²) in [7, 11) is 1.51. The predicted octanol–water partition coefficient (Wildman–Crippen LogP) is 3.05. The largest absolute Gasteiger partial charge is 0.496 e. The Bertz CT molecular complexity index is 1040. The summed E-state index contributed by atoms with van der Waals surface area (Å²) in [6, 6.07) is 13.8. The number of methoxy groups -OCH3 is 1. The van der Waals surface area contributed by atoms with E-state index in [9.17, 15) is 0 Å². The molecule has 29 heavy (non-hydrogen) atoms. The van der Waals surface area contributed by atoms with E-state index < -0.39 is 0 Å². The standard InChI is InChI=1S/C18H17N5O4.2ClH/c1-26-15-8-12(18(20)22-25)5-6-13(15)16-9-14(23-27-16)10-3-2-4-11(7-10)17(19)21-24;;/h2-9,24-25H,1H3,(H2,19,21)(H2,20,22);2*1H. The highest BCUT2D eigenvalue weighted by Crippen LogP contribution is 2.33. The molecule has 1 aromatic heterocycles. The van der Waals surface area contributed by atoms with Crippen LogP contribution < -0.4 is 16.2 Å². The molecule has 0 aliphatic rings. The summed E-state index contributed by atoms with van der Waals surface area (Å²) in [4.78, 5) is 0. The van der Waals surface area contributed by atoms with Crippen molar-refractivity contribution in [3.05, 3.63) is 59.7 Å². The quantitative estimate of drug-likeness (QED) is 0.206. The molecule has 3 rings (SSSR count). The average molecular weight is 440 g/mol.